The first-order valence-corrected chi connectivity index (χ1v) is 9.19. The predicted molar refractivity (Wildman–Crippen MR) is 109 cm³/mol. The Kier molecular flexibility index (Phi) is 4.34. The fraction of sp³-hybridized carbons (Fsp3) is 0.375. The Morgan fingerprint density at radius 2 is 1.54 bits per heavy atom. The molecule has 2 heteroatoms. The van der Waals surface area contributed by atoms with Gasteiger partial charge in [-0.3, -0.25) is 0 Å². The Labute approximate surface area is 156 Å². The fourth-order valence-corrected chi connectivity index (χ4v) is 4.60. The number of hydrogen-bond acceptors (Lipinski definition) is 1. The van der Waals surface area contributed by atoms with E-state index in [1.165, 1.54) is 27.8 Å². The van der Waals surface area contributed by atoms with Crippen molar-refractivity contribution in [1.82, 2.24) is 0 Å². The van der Waals surface area contributed by atoms with Gasteiger partial charge in [0.2, 0.25) is 0 Å². The Balaban J connectivity index is 2.03. The number of fused-ring (bicyclic) bond motifs is 1. The molecule has 0 amide bonds. The third kappa shape index (κ3) is 3.21. The SMILES string of the molecule is CC(=Cc1ccc(C(=O)O)cc1)c1cc2c(cc1C)C(C)(C)CC2(C)C. The molecule has 1 aliphatic carbocycles. The van der Waals surface area contributed by atoms with Crippen molar-refractivity contribution < 1.29 is 9.90 Å². The zero-order chi connectivity index (χ0) is 19.3. The van der Waals surface area contributed by atoms with Crippen LogP contribution in [0.4, 0.5) is 0 Å². The van der Waals surface area contributed by atoms with Crippen molar-refractivity contribution in [3.05, 3.63) is 69.8 Å². The smallest absolute Gasteiger partial charge is 0.335 e. The lowest BCUT2D eigenvalue weighted by Crippen LogP contribution is -2.17. The number of allylic oxidation sites excluding steroid dienone is 1. The van der Waals surface area contributed by atoms with E-state index in [-0.39, 0.29) is 10.8 Å². The molecule has 0 aromatic heterocycles. The number of aromatic carboxylic acids is 1. The van der Waals surface area contributed by atoms with Crippen LogP contribution in [-0.4, -0.2) is 11.1 Å². The van der Waals surface area contributed by atoms with Gasteiger partial charge in [-0.25, -0.2) is 4.79 Å². The van der Waals surface area contributed by atoms with Gasteiger partial charge in [0.15, 0.2) is 0 Å². The van der Waals surface area contributed by atoms with Crippen LogP contribution in [0.25, 0.3) is 11.6 Å². The van der Waals surface area contributed by atoms with E-state index < -0.39 is 5.97 Å². The molecule has 0 heterocycles. The standard InChI is InChI=1S/C24H28O2/c1-15(11-17-7-9-18(10-8-17)22(25)26)19-13-21-20(12-16(19)2)23(3,4)14-24(21,5)6/h7-13H,14H2,1-6H3,(H,25,26). The minimum atomic E-state index is -0.892. The van der Waals surface area contributed by atoms with Crippen LogP contribution in [0.1, 0.15) is 79.2 Å². The molecule has 2 aromatic carbocycles. The monoisotopic (exact) mass is 348 g/mol. The molecule has 3 rings (SSSR count). The van der Waals surface area contributed by atoms with Crippen LogP contribution in [0.5, 0.6) is 0 Å². The number of aryl methyl sites for hydroxylation is 1. The van der Waals surface area contributed by atoms with Crippen molar-refractivity contribution in [2.24, 2.45) is 0 Å². The van der Waals surface area contributed by atoms with Crippen LogP contribution >= 0.6 is 0 Å². The van der Waals surface area contributed by atoms with Crippen molar-refractivity contribution in [3.8, 4) is 0 Å². The van der Waals surface area contributed by atoms with Crippen LogP contribution in [0.15, 0.2) is 36.4 Å². The quantitative estimate of drug-likeness (QED) is 0.669. The van der Waals surface area contributed by atoms with Gasteiger partial charge in [0.05, 0.1) is 5.56 Å². The maximum atomic E-state index is 11.0. The van der Waals surface area contributed by atoms with Gasteiger partial charge in [-0.1, -0.05) is 58.0 Å². The van der Waals surface area contributed by atoms with E-state index in [4.69, 9.17) is 5.11 Å². The Hall–Kier alpha value is -2.35. The summed E-state index contributed by atoms with van der Waals surface area (Å²) >= 11 is 0. The topological polar surface area (TPSA) is 37.3 Å². The van der Waals surface area contributed by atoms with Crippen LogP contribution in [0, 0.1) is 6.92 Å². The third-order valence-electron chi connectivity index (χ3n) is 5.67. The highest BCUT2D eigenvalue weighted by molar-refractivity contribution is 5.88. The van der Waals surface area contributed by atoms with E-state index in [1.807, 2.05) is 12.1 Å². The zero-order valence-corrected chi connectivity index (χ0v) is 16.6. The van der Waals surface area contributed by atoms with Gasteiger partial charge >= 0.3 is 5.97 Å². The number of carboxylic acids is 1. The van der Waals surface area contributed by atoms with Crippen LogP contribution in [0.3, 0.4) is 0 Å². The van der Waals surface area contributed by atoms with E-state index in [0.29, 0.717) is 5.56 Å². The number of carboxylic acid groups (broad SMARTS) is 1. The molecule has 26 heavy (non-hydrogen) atoms. The molecular weight excluding hydrogens is 320 g/mol. The summed E-state index contributed by atoms with van der Waals surface area (Å²) in [5, 5.41) is 9.04. The van der Waals surface area contributed by atoms with Gasteiger partial charge in [-0.15, -0.1) is 0 Å². The highest BCUT2D eigenvalue weighted by Gasteiger charge is 2.42. The molecular formula is C24H28O2. The van der Waals surface area contributed by atoms with E-state index >= 15 is 0 Å². The lowest BCUT2D eigenvalue weighted by atomic mass is 9.82. The molecule has 136 valence electrons. The Morgan fingerprint density at radius 1 is 1.00 bits per heavy atom. The molecule has 2 nitrogen and oxygen atoms in total. The zero-order valence-electron chi connectivity index (χ0n) is 16.6. The van der Waals surface area contributed by atoms with Crippen molar-refractivity contribution in [2.75, 3.05) is 0 Å². The third-order valence-corrected chi connectivity index (χ3v) is 5.67. The van der Waals surface area contributed by atoms with Crippen LogP contribution < -0.4 is 0 Å². The maximum Gasteiger partial charge on any atom is 0.335 e. The normalized spacial score (nSPS) is 17.8. The number of hydrogen-bond donors (Lipinski definition) is 1. The summed E-state index contributed by atoms with van der Waals surface area (Å²) < 4.78 is 0. The molecule has 0 atom stereocenters. The summed E-state index contributed by atoms with van der Waals surface area (Å²) in [5.74, 6) is -0.892. The minimum absolute atomic E-state index is 0.185. The number of rotatable bonds is 3. The van der Waals surface area contributed by atoms with E-state index in [2.05, 4.69) is 59.8 Å². The first-order chi connectivity index (χ1) is 12.0. The molecule has 0 spiro atoms. The summed E-state index contributed by atoms with van der Waals surface area (Å²) in [6.45, 7) is 13.7. The van der Waals surface area contributed by atoms with Crippen LogP contribution in [-0.2, 0) is 10.8 Å². The van der Waals surface area contributed by atoms with Gasteiger partial charge in [0.25, 0.3) is 0 Å². The summed E-state index contributed by atoms with van der Waals surface area (Å²) in [4.78, 5) is 11.0. The molecule has 1 aliphatic rings. The van der Waals surface area contributed by atoms with E-state index in [0.717, 1.165) is 12.0 Å². The average molecular weight is 348 g/mol. The van der Waals surface area contributed by atoms with Crippen LogP contribution in [0.2, 0.25) is 0 Å². The Bertz CT molecular complexity index is 897. The molecule has 0 bridgehead atoms. The predicted octanol–water partition coefficient (Wildman–Crippen LogP) is 6.21. The van der Waals surface area contributed by atoms with Gasteiger partial charge in [-0.2, -0.15) is 0 Å². The molecule has 1 N–H and O–H groups in total. The van der Waals surface area contributed by atoms with Gasteiger partial charge in [-0.05, 0) is 76.6 Å². The summed E-state index contributed by atoms with van der Waals surface area (Å²) in [6.07, 6.45) is 3.30. The Morgan fingerprint density at radius 3 is 2.08 bits per heavy atom. The molecule has 2 aromatic rings. The first kappa shape index (κ1) is 18.4. The summed E-state index contributed by atoms with van der Waals surface area (Å²) in [5.41, 5.74) is 8.44. The van der Waals surface area contributed by atoms with E-state index in [1.54, 1.807) is 12.1 Å². The first-order valence-electron chi connectivity index (χ1n) is 9.19. The molecule has 0 fully saturated rings. The second-order valence-corrected chi connectivity index (χ2v) is 8.91. The van der Waals surface area contributed by atoms with Crippen molar-refractivity contribution in [1.29, 1.82) is 0 Å². The largest absolute Gasteiger partial charge is 0.478 e. The molecule has 0 aliphatic heterocycles. The van der Waals surface area contributed by atoms with Gasteiger partial charge < -0.3 is 5.11 Å². The maximum absolute atomic E-state index is 11.0. The summed E-state index contributed by atoms with van der Waals surface area (Å²) in [7, 11) is 0. The lowest BCUT2D eigenvalue weighted by Gasteiger charge is -2.22. The molecule has 0 radical (unpaired) electrons. The van der Waals surface area contributed by atoms with Crippen molar-refractivity contribution in [2.45, 2.75) is 58.8 Å². The highest BCUT2D eigenvalue weighted by Crippen LogP contribution is 2.50. The average Bonchev–Trinajstić information content (AvgIpc) is 2.71. The second-order valence-electron chi connectivity index (χ2n) is 8.91. The van der Waals surface area contributed by atoms with E-state index in [9.17, 15) is 4.79 Å². The van der Waals surface area contributed by atoms with Crippen molar-refractivity contribution >= 4 is 17.6 Å². The minimum Gasteiger partial charge on any atom is -0.478 e. The molecule has 0 unspecified atom stereocenters. The number of benzene rings is 2. The lowest BCUT2D eigenvalue weighted by molar-refractivity contribution is 0.0697. The fourth-order valence-electron chi connectivity index (χ4n) is 4.60. The second kappa shape index (κ2) is 6.12. The highest BCUT2D eigenvalue weighted by atomic mass is 16.4. The van der Waals surface area contributed by atoms with Gasteiger partial charge in [0.1, 0.15) is 0 Å². The number of carbonyl (C=O) groups is 1. The van der Waals surface area contributed by atoms with Crippen molar-refractivity contribution in [3.63, 3.8) is 0 Å². The summed E-state index contributed by atoms with van der Waals surface area (Å²) in [6, 6.07) is 11.8. The van der Waals surface area contributed by atoms with Gasteiger partial charge in [0, 0.05) is 0 Å². The molecule has 0 saturated carbocycles. The molecule has 0 saturated heterocycles.